The first-order valence-corrected chi connectivity index (χ1v) is 7.65. The van der Waals surface area contributed by atoms with E-state index in [9.17, 15) is 0 Å². The summed E-state index contributed by atoms with van der Waals surface area (Å²) in [7, 11) is 4.21. The predicted octanol–water partition coefficient (Wildman–Crippen LogP) is 3.97. The number of nitrogens with zero attached hydrogens (tertiary/aromatic N) is 2. The Balaban J connectivity index is 2.92. The summed E-state index contributed by atoms with van der Waals surface area (Å²) < 4.78 is 1.11. The fourth-order valence-corrected chi connectivity index (χ4v) is 2.46. The first kappa shape index (κ1) is 15.8. The molecule has 0 aliphatic carbocycles. The van der Waals surface area contributed by atoms with Crippen LogP contribution in [0.2, 0.25) is 0 Å². The number of alkyl halides is 1. The Morgan fingerprint density at radius 3 is 2.44 bits per heavy atom. The van der Waals surface area contributed by atoms with Crippen molar-refractivity contribution >= 4 is 33.2 Å². The average molecular weight is 334 g/mol. The molecule has 0 aromatic heterocycles. The minimum atomic E-state index is 0.560. The van der Waals surface area contributed by atoms with Crippen LogP contribution in [0.1, 0.15) is 18.9 Å². The van der Waals surface area contributed by atoms with Gasteiger partial charge >= 0.3 is 0 Å². The predicted molar refractivity (Wildman–Crippen MR) is 84.8 cm³/mol. The lowest BCUT2D eigenvalue weighted by Gasteiger charge is -2.28. The third-order valence-electron chi connectivity index (χ3n) is 2.84. The van der Waals surface area contributed by atoms with Gasteiger partial charge < -0.3 is 9.80 Å². The molecule has 4 heteroatoms. The van der Waals surface area contributed by atoms with E-state index < -0.39 is 0 Å². The Hall–Kier alpha value is -0.250. The highest BCUT2D eigenvalue weighted by molar-refractivity contribution is 9.10. The molecule has 0 aliphatic rings. The first-order chi connectivity index (χ1) is 8.58. The van der Waals surface area contributed by atoms with Crippen LogP contribution in [0.15, 0.2) is 22.7 Å². The van der Waals surface area contributed by atoms with Crippen LogP contribution in [0.3, 0.4) is 0 Å². The van der Waals surface area contributed by atoms with Gasteiger partial charge in [0, 0.05) is 35.7 Å². The van der Waals surface area contributed by atoms with Gasteiger partial charge in [-0.05, 0) is 38.2 Å². The van der Waals surface area contributed by atoms with Crippen LogP contribution in [0.5, 0.6) is 0 Å². The van der Waals surface area contributed by atoms with Crippen molar-refractivity contribution in [1.82, 2.24) is 4.90 Å². The normalized spacial score (nSPS) is 11.0. The van der Waals surface area contributed by atoms with Gasteiger partial charge in [0.2, 0.25) is 0 Å². The number of anilines is 1. The van der Waals surface area contributed by atoms with Crippen molar-refractivity contribution in [2.45, 2.75) is 19.2 Å². The molecule has 0 atom stereocenters. The third-order valence-corrected chi connectivity index (χ3v) is 3.62. The van der Waals surface area contributed by atoms with E-state index in [2.05, 4.69) is 64.9 Å². The topological polar surface area (TPSA) is 6.48 Å². The lowest BCUT2D eigenvalue weighted by molar-refractivity contribution is 0.413. The van der Waals surface area contributed by atoms with Crippen molar-refractivity contribution in [2.24, 2.45) is 0 Å². The summed E-state index contributed by atoms with van der Waals surface area (Å²) in [6.07, 6.45) is 1.14. The Kier molecular flexibility index (Phi) is 7.05. The van der Waals surface area contributed by atoms with E-state index in [0.717, 1.165) is 30.5 Å². The minimum Gasteiger partial charge on any atom is -0.370 e. The number of hydrogen-bond acceptors (Lipinski definition) is 2. The number of hydrogen-bond donors (Lipinski definition) is 0. The average Bonchev–Trinajstić information content (AvgIpc) is 2.34. The molecular weight excluding hydrogens is 312 g/mol. The van der Waals surface area contributed by atoms with E-state index in [4.69, 9.17) is 11.6 Å². The van der Waals surface area contributed by atoms with Crippen LogP contribution >= 0.6 is 27.5 Å². The number of rotatable bonds is 7. The van der Waals surface area contributed by atoms with Crippen LogP contribution in [0, 0.1) is 0 Å². The number of likely N-dealkylation sites (N-methyl/N-ethyl adjacent to an activating group) is 1. The second-order valence-electron chi connectivity index (χ2n) is 4.70. The van der Waals surface area contributed by atoms with Gasteiger partial charge in [0.25, 0.3) is 0 Å². The van der Waals surface area contributed by atoms with Crippen LogP contribution in [0.4, 0.5) is 5.69 Å². The molecule has 0 fully saturated rings. The highest BCUT2D eigenvalue weighted by Crippen LogP contribution is 2.26. The van der Waals surface area contributed by atoms with Crippen molar-refractivity contribution in [3.8, 4) is 0 Å². The molecule has 0 unspecified atom stereocenters. The fraction of sp³-hybridized carbons (Fsp3) is 0.571. The van der Waals surface area contributed by atoms with Crippen molar-refractivity contribution in [2.75, 3.05) is 38.6 Å². The van der Waals surface area contributed by atoms with E-state index in [1.54, 1.807) is 0 Å². The molecule has 1 aromatic carbocycles. The van der Waals surface area contributed by atoms with E-state index in [1.807, 2.05) is 0 Å². The molecule has 102 valence electrons. The van der Waals surface area contributed by atoms with Gasteiger partial charge in [-0.25, -0.2) is 0 Å². The van der Waals surface area contributed by atoms with Gasteiger partial charge in [0.15, 0.2) is 0 Å². The van der Waals surface area contributed by atoms with E-state index in [-0.39, 0.29) is 0 Å². The van der Waals surface area contributed by atoms with Crippen LogP contribution in [-0.2, 0) is 5.88 Å². The van der Waals surface area contributed by atoms with Gasteiger partial charge in [-0.3, -0.25) is 0 Å². The molecule has 0 radical (unpaired) electrons. The summed E-state index contributed by atoms with van der Waals surface area (Å²) in [5, 5.41) is 0. The van der Waals surface area contributed by atoms with Crippen LogP contribution in [0.25, 0.3) is 0 Å². The molecular formula is C14H22BrClN2. The van der Waals surface area contributed by atoms with Crippen molar-refractivity contribution < 1.29 is 0 Å². The van der Waals surface area contributed by atoms with E-state index >= 15 is 0 Å². The summed E-state index contributed by atoms with van der Waals surface area (Å²) in [4.78, 5) is 4.63. The quantitative estimate of drug-likeness (QED) is 0.697. The molecule has 0 saturated carbocycles. The summed E-state index contributed by atoms with van der Waals surface area (Å²) in [6.45, 7) is 5.35. The van der Waals surface area contributed by atoms with Gasteiger partial charge in [-0.15, -0.1) is 11.6 Å². The van der Waals surface area contributed by atoms with Gasteiger partial charge in [-0.1, -0.05) is 28.9 Å². The van der Waals surface area contributed by atoms with Crippen LogP contribution < -0.4 is 4.90 Å². The maximum absolute atomic E-state index is 6.04. The maximum atomic E-state index is 6.04. The first-order valence-electron chi connectivity index (χ1n) is 6.32. The van der Waals surface area contributed by atoms with Crippen molar-refractivity contribution in [1.29, 1.82) is 0 Å². The largest absolute Gasteiger partial charge is 0.370 e. The fourth-order valence-electron chi connectivity index (χ4n) is 1.89. The van der Waals surface area contributed by atoms with Crippen LogP contribution in [-0.4, -0.2) is 38.6 Å². The Labute approximate surface area is 124 Å². The Bertz CT molecular complexity index is 369. The monoisotopic (exact) mass is 332 g/mol. The SMILES string of the molecule is CCCN(CCN(C)C)c1cc(Br)ccc1CCl. The molecule has 0 spiro atoms. The summed E-state index contributed by atoms with van der Waals surface area (Å²) in [6, 6.07) is 6.32. The number of halogens is 2. The van der Waals surface area contributed by atoms with Gasteiger partial charge in [0.05, 0.1) is 0 Å². The molecule has 0 amide bonds. The zero-order valence-electron chi connectivity index (χ0n) is 11.4. The third kappa shape index (κ3) is 4.79. The van der Waals surface area contributed by atoms with Crippen molar-refractivity contribution in [3.05, 3.63) is 28.2 Å². The minimum absolute atomic E-state index is 0.560. The molecule has 18 heavy (non-hydrogen) atoms. The highest BCUT2D eigenvalue weighted by Gasteiger charge is 2.11. The molecule has 0 aliphatic heterocycles. The standard InChI is InChI=1S/C14H22BrClN2/c1-4-7-18(9-8-17(2)3)14-10-13(15)6-5-12(14)11-16/h5-6,10H,4,7-9,11H2,1-3H3. The maximum Gasteiger partial charge on any atom is 0.0494 e. The summed E-state index contributed by atoms with van der Waals surface area (Å²) in [5.74, 6) is 0.560. The summed E-state index contributed by atoms with van der Waals surface area (Å²) >= 11 is 9.58. The second kappa shape index (κ2) is 8.03. The number of benzene rings is 1. The van der Waals surface area contributed by atoms with Gasteiger partial charge in [0.1, 0.15) is 0 Å². The van der Waals surface area contributed by atoms with E-state index in [1.165, 1.54) is 11.3 Å². The molecule has 0 bridgehead atoms. The molecule has 0 heterocycles. The molecule has 1 aromatic rings. The molecule has 2 nitrogen and oxygen atoms in total. The zero-order chi connectivity index (χ0) is 13.5. The molecule has 0 saturated heterocycles. The molecule has 0 N–H and O–H groups in total. The Morgan fingerprint density at radius 2 is 1.89 bits per heavy atom. The zero-order valence-corrected chi connectivity index (χ0v) is 13.8. The van der Waals surface area contributed by atoms with E-state index in [0.29, 0.717) is 5.88 Å². The molecule has 1 rings (SSSR count). The lowest BCUT2D eigenvalue weighted by atomic mass is 10.1. The highest BCUT2D eigenvalue weighted by atomic mass is 79.9. The smallest absolute Gasteiger partial charge is 0.0494 e. The summed E-state index contributed by atoms with van der Waals surface area (Å²) in [5.41, 5.74) is 2.45. The van der Waals surface area contributed by atoms with Gasteiger partial charge in [-0.2, -0.15) is 0 Å². The Morgan fingerprint density at radius 1 is 1.17 bits per heavy atom. The van der Waals surface area contributed by atoms with Crippen molar-refractivity contribution in [3.63, 3.8) is 0 Å². The second-order valence-corrected chi connectivity index (χ2v) is 5.88. The lowest BCUT2D eigenvalue weighted by Crippen LogP contribution is -2.32.